The number of carbonyl (C=O) groups excluding carboxylic acids is 1. The summed E-state index contributed by atoms with van der Waals surface area (Å²) in [6.45, 7) is 6.98. The summed E-state index contributed by atoms with van der Waals surface area (Å²) < 4.78 is 0. The first-order valence-corrected chi connectivity index (χ1v) is 5.69. The highest BCUT2D eigenvalue weighted by molar-refractivity contribution is 6.05. The topological polar surface area (TPSA) is 32.3 Å². The van der Waals surface area contributed by atoms with Gasteiger partial charge < -0.3 is 10.2 Å². The summed E-state index contributed by atoms with van der Waals surface area (Å²) in [4.78, 5) is 13.8. The summed E-state index contributed by atoms with van der Waals surface area (Å²) in [6, 6.07) is 3.99. The molecule has 0 aliphatic carbocycles. The van der Waals surface area contributed by atoms with Gasteiger partial charge in [0.15, 0.2) is 0 Å². The van der Waals surface area contributed by atoms with Crippen LogP contribution in [0.3, 0.4) is 0 Å². The van der Waals surface area contributed by atoms with Crippen LogP contribution in [0.1, 0.15) is 29.7 Å². The van der Waals surface area contributed by atoms with Crippen molar-refractivity contribution in [1.29, 1.82) is 0 Å². The van der Waals surface area contributed by atoms with Crippen molar-refractivity contribution in [2.45, 2.75) is 26.8 Å². The van der Waals surface area contributed by atoms with Crippen molar-refractivity contribution in [2.24, 2.45) is 0 Å². The van der Waals surface area contributed by atoms with Crippen LogP contribution in [0.2, 0.25) is 0 Å². The maximum absolute atomic E-state index is 12.1. The minimum Gasteiger partial charge on any atom is -0.313 e. The molecule has 16 heavy (non-hydrogen) atoms. The Bertz CT molecular complexity index is 440. The number of aryl methyl sites for hydroxylation is 1. The number of benzene rings is 1. The number of nitrogens with one attached hydrogen (secondary N) is 1. The van der Waals surface area contributed by atoms with Crippen LogP contribution >= 0.6 is 0 Å². The van der Waals surface area contributed by atoms with Crippen molar-refractivity contribution < 1.29 is 4.79 Å². The zero-order valence-electron chi connectivity index (χ0n) is 10.3. The van der Waals surface area contributed by atoms with E-state index in [1.54, 1.807) is 4.90 Å². The predicted molar refractivity (Wildman–Crippen MR) is 65.7 cm³/mol. The van der Waals surface area contributed by atoms with Crippen molar-refractivity contribution >= 4 is 11.6 Å². The molecule has 1 aromatic carbocycles. The van der Waals surface area contributed by atoms with Crippen molar-refractivity contribution in [3.63, 3.8) is 0 Å². The fourth-order valence-corrected chi connectivity index (χ4v) is 2.34. The first-order valence-electron chi connectivity index (χ1n) is 5.69. The summed E-state index contributed by atoms with van der Waals surface area (Å²) in [5, 5.41) is 3.24. The lowest BCUT2D eigenvalue weighted by Crippen LogP contribution is -2.32. The van der Waals surface area contributed by atoms with Crippen LogP contribution in [0, 0.1) is 13.8 Å². The van der Waals surface area contributed by atoms with Crippen LogP contribution in [0.15, 0.2) is 12.1 Å². The molecule has 1 aliphatic heterocycles. The first-order chi connectivity index (χ1) is 7.57. The van der Waals surface area contributed by atoms with Gasteiger partial charge in [-0.05, 0) is 31.5 Å². The molecule has 0 saturated heterocycles. The predicted octanol–water partition coefficient (Wildman–Crippen LogP) is 1.93. The summed E-state index contributed by atoms with van der Waals surface area (Å²) >= 11 is 0. The molecule has 1 aliphatic rings. The van der Waals surface area contributed by atoms with Gasteiger partial charge in [0.05, 0.1) is 5.69 Å². The van der Waals surface area contributed by atoms with E-state index in [9.17, 15) is 4.79 Å². The van der Waals surface area contributed by atoms with Gasteiger partial charge in [0.1, 0.15) is 6.04 Å². The van der Waals surface area contributed by atoms with E-state index in [0.29, 0.717) is 0 Å². The molecule has 1 heterocycles. The molecule has 1 aromatic rings. The fraction of sp³-hybridized carbons (Fsp3) is 0.462. The number of hydrogen-bond donors (Lipinski definition) is 1. The molecule has 86 valence electrons. The standard InChI is InChI=1S/C13H18N2O/c1-5-14-11-10-7-6-8(2)9(3)12(10)15(4)13(11)16/h6-7,11,14H,5H2,1-4H3. The molecule has 0 fully saturated rings. The lowest BCUT2D eigenvalue weighted by molar-refractivity contribution is -0.119. The number of amides is 1. The number of nitrogens with zero attached hydrogens (tertiary/aromatic N) is 1. The molecule has 0 spiro atoms. The number of rotatable bonds is 2. The summed E-state index contributed by atoms with van der Waals surface area (Å²) in [5.74, 6) is 0.144. The number of likely N-dealkylation sites (N-methyl/N-ethyl adjacent to an activating group) is 2. The molecule has 2 rings (SSSR count). The average Bonchev–Trinajstić information content (AvgIpc) is 2.50. The van der Waals surface area contributed by atoms with Crippen molar-refractivity contribution in [3.8, 4) is 0 Å². The minimum absolute atomic E-state index is 0.144. The normalized spacial score (nSPS) is 19.1. The van der Waals surface area contributed by atoms with Gasteiger partial charge in [-0.2, -0.15) is 0 Å². The monoisotopic (exact) mass is 218 g/mol. The van der Waals surface area contributed by atoms with Gasteiger partial charge in [-0.1, -0.05) is 19.1 Å². The SMILES string of the molecule is CCNC1C(=O)N(C)c2c1ccc(C)c2C. The summed E-state index contributed by atoms with van der Waals surface area (Å²) in [7, 11) is 1.85. The van der Waals surface area contributed by atoms with Crippen LogP contribution < -0.4 is 10.2 Å². The maximum Gasteiger partial charge on any atom is 0.248 e. The van der Waals surface area contributed by atoms with Gasteiger partial charge in [0.2, 0.25) is 5.91 Å². The zero-order valence-corrected chi connectivity index (χ0v) is 10.3. The van der Waals surface area contributed by atoms with Gasteiger partial charge in [-0.3, -0.25) is 4.79 Å². The number of carbonyl (C=O) groups is 1. The lowest BCUT2D eigenvalue weighted by Gasteiger charge is -2.14. The van der Waals surface area contributed by atoms with E-state index >= 15 is 0 Å². The van der Waals surface area contributed by atoms with E-state index in [1.807, 2.05) is 14.0 Å². The van der Waals surface area contributed by atoms with Crippen molar-refractivity contribution in [2.75, 3.05) is 18.5 Å². The molecule has 1 atom stereocenters. The number of anilines is 1. The third-order valence-corrected chi connectivity index (χ3v) is 3.37. The maximum atomic E-state index is 12.1. The Labute approximate surface area is 96.5 Å². The second kappa shape index (κ2) is 3.91. The Balaban J connectivity index is 2.55. The van der Waals surface area contributed by atoms with Gasteiger partial charge in [0, 0.05) is 12.6 Å². The summed E-state index contributed by atoms with van der Waals surface area (Å²) in [5.41, 5.74) is 4.62. The average molecular weight is 218 g/mol. The molecular formula is C13H18N2O. The van der Waals surface area contributed by atoms with Crippen molar-refractivity contribution in [1.82, 2.24) is 5.32 Å². The molecule has 1 N–H and O–H groups in total. The third-order valence-electron chi connectivity index (χ3n) is 3.37. The second-order valence-electron chi connectivity index (χ2n) is 4.33. The van der Waals surface area contributed by atoms with E-state index in [1.165, 1.54) is 11.1 Å². The molecular weight excluding hydrogens is 200 g/mol. The van der Waals surface area contributed by atoms with Gasteiger partial charge in [-0.25, -0.2) is 0 Å². The lowest BCUT2D eigenvalue weighted by atomic mass is 10.0. The first kappa shape index (κ1) is 11.1. The Morgan fingerprint density at radius 3 is 2.69 bits per heavy atom. The fourth-order valence-electron chi connectivity index (χ4n) is 2.34. The van der Waals surface area contributed by atoms with Crippen LogP contribution in [-0.2, 0) is 4.79 Å². The molecule has 0 saturated carbocycles. The van der Waals surface area contributed by atoms with Crippen LogP contribution in [0.25, 0.3) is 0 Å². The van der Waals surface area contributed by atoms with E-state index in [4.69, 9.17) is 0 Å². The third kappa shape index (κ3) is 1.43. The quantitative estimate of drug-likeness (QED) is 0.822. The Kier molecular flexibility index (Phi) is 2.72. The van der Waals surface area contributed by atoms with E-state index in [2.05, 4.69) is 31.3 Å². The van der Waals surface area contributed by atoms with Gasteiger partial charge in [-0.15, -0.1) is 0 Å². The van der Waals surface area contributed by atoms with Crippen LogP contribution in [-0.4, -0.2) is 19.5 Å². The smallest absolute Gasteiger partial charge is 0.248 e. The second-order valence-corrected chi connectivity index (χ2v) is 4.33. The van der Waals surface area contributed by atoms with E-state index in [-0.39, 0.29) is 11.9 Å². The van der Waals surface area contributed by atoms with E-state index < -0.39 is 0 Å². The molecule has 0 aromatic heterocycles. The zero-order chi connectivity index (χ0) is 11.9. The summed E-state index contributed by atoms with van der Waals surface area (Å²) in [6.07, 6.45) is 0. The van der Waals surface area contributed by atoms with Crippen LogP contribution in [0.5, 0.6) is 0 Å². The molecule has 0 radical (unpaired) electrons. The Morgan fingerprint density at radius 2 is 2.06 bits per heavy atom. The highest BCUT2D eigenvalue weighted by Gasteiger charge is 2.35. The van der Waals surface area contributed by atoms with Gasteiger partial charge in [0.25, 0.3) is 0 Å². The van der Waals surface area contributed by atoms with Gasteiger partial charge >= 0.3 is 0 Å². The largest absolute Gasteiger partial charge is 0.313 e. The molecule has 1 amide bonds. The van der Waals surface area contributed by atoms with Crippen LogP contribution in [0.4, 0.5) is 5.69 Å². The number of hydrogen-bond acceptors (Lipinski definition) is 2. The number of fused-ring (bicyclic) bond motifs is 1. The Morgan fingerprint density at radius 1 is 1.38 bits per heavy atom. The molecule has 3 heteroatoms. The Hall–Kier alpha value is -1.35. The molecule has 1 unspecified atom stereocenters. The highest BCUT2D eigenvalue weighted by Crippen LogP contribution is 2.38. The molecule has 3 nitrogen and oxygen atoms in total. The minimum atomic E-state index is -0.163. The van der Waals surface area contributed by atoms with E-state index in [0.717, 1.165) is 17.8 Å². The van der Waals surface area contributed by atoms with Crippen molar-refractivity contribution in [3.05, 3.63) is 28.8 Å². The molecule has 0 bridgehead atoms. The highest BCUT2D eigenvalue weighted by atomic mass is 16.2.